The number of hydrogen-bond acceptors (Lipinski definition) is 4. The number of hydrogen-bond donors (Lipinski definition) is 1. The van der Waals surface area contributed by atoms with Crippen molar-refractivity contribution in [2.75, 3.05) is 19.7 Å². The number of morpholine rings is 1. The van der Waals surface area contributed by atoms with Crippen molar-refractivity contribution in [3.05, 3.63) is 0 Å². The topological polar surface area (TPSA) is 47.6 Å². The van der Waals surface area contributed by atoms with Crippen molar-refractivity contribution in [1.29, 1.82) is 0 Å². The molecule has 1 N–H and O–H groups in total. The highest BCUT2D eigenvalue weighted by Gasteiger charge is 2.28. The summed E-state index contributed by atoms with van der Waals surface area (Å²) in [5.74, 6) is -0.197. The first-order valence-electron chi connectivity index (χ1n) is 4.89. The highest BCUT2D eigenvalue weighted by atomic mass is 16.6. The second-order valence-corrected chi connectivity index (χ2v) is 3.55. The van der Waals surface area contributed by atoms with E-state index in [1.807, 2.05) is 0 Å². The molecule has 4 nitrogen and oxygen atoms in total. The lowest BCUT2D eigenvalue weighted by atomic mass is 9.96. The molecule has 2 aliphatic rings. The largest absolute Gasteiger partial charge is 0.460 e. The standard InChI is InChI=1S/C9H15NO3/c11-9(13-7-2-1-3-7)8-6-10-4-5-12-8/h7-8,10H,1-6H2. The zero-order chi connectivity index (χ0) is 9.10. The van der Waals surface area contributed by atoms with Crippen molar-refractivity contribution in [2.24, 2.45) is 0 Å². The molecule has 1 atom stereocenters. The van der Waals surface area contributed by atoms with Crippen LogP contribution in [0.2, 0.25) is 0 Å². The van der Waals surface area contributed by atoms with Gasteiger partial charge < -0.3 is 14.8 Å². The molecular weight excluding hydrogens is 170 g/mol. The number of carbonyl (C=O) groups excluding carboxylic acids is 1. The first-order chi connectivity index (χ1) is 6.36. The van der Waals surface area contributed by atoms with Gasteiger partial charge in [-0.3, -0.25) is 0 Å². The Kier molecular flexibility index (Phi) is 2.80. The number of nitrogens with one attached hydrogen (secondary N) is 1. The van der Waals surface area contributed by atoms with Crippen LogP contribution in [0.25, 0.3) is 0 Å². The smallest absolute Gasteiger partial charge is 0.336 e. The van der Waals surface area contributed by atoms with Crippen molar-refractivity contribution in [2.45, 2.75) is 31.5 Å². The Morgan fingerprint density at radius 3 is 2.85 bits per heavy atom. The lowest BCUT2D eigenvalue weighted by Crippen LogP contribution is -2.45. The lowest BCUT2D eigenvalue weighted by molar-refractivity contribution is -0.167. The third-order valence-electron chi connectivity index (χ3n) is 2.53. The van der Waals surface area contributed by atoms with Gasteiger partial charge in [-0.15, -0.1) is 0 Å². The van der Waals surface area contributed by atoms with Gasteiger partial charge in [0.15, 0.2) is 6.10 Å². The molecule has 4 heteroatoms. The zero-order valence-corrected chi connectivity index (χ0v) is 7.62. The van der Waals surface area contributed by atoms with E-state index in [0.717, 1.165) is 19.4 Å². The predicted molar refractivity (Wildman–Crippen MR) is 46.3 cm³/mol. The minimum atomic E-state index is -0.380. The van der Waals surface area contributed by atoms with Crippen LogP contribution < -0.4 is 5.32 Å². The number of esters is 1. The third-order valence-corrected chi connectivity index (χ3v) is 2.53. The van der Waals surface area contributed by atoms with Gasteiger partial charge in [-0.05, 0) is 19.3 Å². The summed E-state index contributed by atoms with van der Waals surface area (Å²) in [6.07, 6.45) is 3.01. The van der Waals surface area contributed by atoms with Crippen molar-refractivity contribution >= 4 is 5.97 Å². The first kappa shape index (κ1) is 8.97. The first-order valence-corrected chi connectivity index (χ1v) is 4.89. The Balaban J connectivity index is 1.74. The monoisotopic (exact) mass is 185 g/mol. The number of carbonyl (C=O) groups is 1. The van der Waals surface area contributed by atoms with Gasteiger partial charge in [0.2, 0.25) is 0 Å². The summed E-state index contributed by atoms with van der Waals surface area (Å²) >= 11 is 0. The molecule has 2 rings (SSSR count). The van der Waals surface area contributed by atoms with Gasteiger partial charge in [-0.2, -0.15) is 0 Å². The Morgan fingerprint density at radius 2 is 2.31 bits per heavy atom. The van der Waals surface area contributed by atoms with E-state index < -0.39 is 0 Å². The fourth-order valence-electron chi connectivity index (χ4n) is 1.45. The third kappa shape index (κ3) is 2.19. The summed E-state index contributed by atoms with van der Waals surface area (Å²) in [7, 11) is 0. The van der Waals surface area contributed by atoms with Crippen molar-refractivity contribution < 1.29 is 14.3 Å². The van der Waals surface area contributed by atoms with Crippen LogP contribution in [0.5, 0.6) is 0 Å². The predicted octanol–water partition coefficient (Wildman–Crippen LogP) is 0.0705. The van der Waals surface area contributed by atoms with Crippen molar-refractivity contribution in [1.82, 2.24) is 5.32 Å². The molecule has 1 saturated heterocycles. The normalized spacial score (nSPS) is 29.4. The van der Waals surface area contributed by atoms with Gasteiger partial charge in [0.05, 0.1) is 6.61 Å². The number of ether oxygens (including phenoxy) is 2. The van der Waals surface area contributed by atoms with Crippen LogP contribution in [-0.4, -0.2) is 37.9 Å². The maximum Gasteiger partial charge on any atom is 0.336 e. The van der Waals surface area contributed by atoms with E-state index >= 15 is 0 Å². The molecule has 13 heavy (non-hydrogen) atoms. The van der Waals surface area contributed by atoms with E-state index in [0.29, 0.717) is 13.2 Å². The molecule has 74 valence electrons. The van der Waals surface area contributed by atoms with Gasteiger partial charge in [0.1, 0.15) is 6.10 Å². The van der Waals surface area contributed by atoms with E-state index in [4.69, 9.17) is 9.47 Å². The molecule has 1 heterocycles. The van der Waals surface area contributed by atoms with Gasteiger partial charge in [0, 0.05) is 13.1 Å². The molecule has 0 aromatic heterocycles. The van der Waals surface area contributed by atoms with Crippen LogP contribution in [0.3, 0.4) is 0 Å². The average Bonchev–Trinajstić information content (AvgIpc) is 2.12. The Morgan fingerprint density at radius 1 is 1.46 bits per heavy atom. The van der Waals surface area contributed by atoms with Gasteiger partial charge in [0.25, 0.3) is 0 Å². The van der Waals surface area contributed by atoms with E-state index in [2.05, 4.69) is 5.32 Å². The lowest BCUT2D eigenvalue weighted by Gasteiger charge is -2.28. The molecular formula is C9H15NO3. The van der Waals surface area contributed by atoms with E-state index in [1.54, 1.807) is 0 Å². The van der Waals surface area contributed by atoms with Crippen LogP contribution in [0.1, 0.15) is 19.3 Å². The van der Waals surface area contributed by atoms with Crippen LogP contribution >= 0.6 is 0 Å². The second kappa shape index (κ2) is 4.07. The SMILES string of the molecule is O=C(OC1CCC1)C1CNCCO1. The van der Waals surface area contributed by atoms with Crippen molar-refractivity contribution in [3.63, 3.8) is 0 Å². The molecule has 0 amide bonds. The quantitative estimate of drug-likeness (QED) is 0.618. The Bertz CT molecular complexity index is 185. The fourth-order valence-corrected chi connectivity index (χ4v) is 1.45. The summed E-state index contributed by atoms with van der Waals surface area (Å²) in [5, 5.41) is 3.10. The highest BCUT2D eigenvalue weighted by Crippen LogP contribution is 2.22. The summed E-state index contributed by atoms with van der Waals surface area (Å²) in [6.45, 7) is 2.02. The molecule has 0 aromatic carbocycles. The Labute approximate surface area is 77.6 Å². The molecule has 1 unspecified atom stereocenters. The minimum absolute atomic E-state index is 0.165. The molecule has 0 radical (unpaired) electrons. The molecule has 1 aliphatic heterocycles. The van der Waals surface area contributed by atoms with E-state index in [1.165, 1.54) is 6.42 Å². The summed E-state index contributed by atoms with van der Waals surface area (Å²) in [6, 6.07) is 0. The molecule has 1 aliphatic carbocycles. The van der Waals surface area contributed by atoms with E-state index in [9.17, 15) is 4.79 Å². The summed E-state index contributed by atoms with van der Waals surface area (Å²) in [5.41, 5.74) is 0. The highest BCUT2D eigenvalue weighted by molar-refractivity contribution is 5.75. The molecule has 0 bridgehead atoms. The zero-order valence-electron chi connectivity index (χ0n) is 7.62. The number of rotatable bonds is 2. The summed E-state index contributed by atoms with van der Waals surface area (Å²) < 4.78 is 10.5. The fraction of sp³-hybridized carbons (Fsp3) is 0.889. The van der Waals surface area contributed by atoms with Crippen LogP contribution in [0.4, 0.5) is 0 Å². The second-order valence-electron chi connectivity index (χ2n) is 3.55. The molecule has 0 aromatic rings. The maximum atomic E-state index is 11.4. The maximum absolute atomic E-state index is 11.4. The van der Waals surface area contributed by atoms with Crippen LogP contribution in [-0.2, 0) is 14.3 Å². The van der Waals surface area contributed by atoms with Gasteiger partial charge in [-0.25, -0.2) is 4.79 Å². The molecule has 0 spiro atoms. The average molecular weight is 185 g/mol. The van der Waals surface area contributed by atoms with Crippen LogP contribution in [0, 0.1) is 0 Å². The van der Waals surface area contributed by atoms with Crippen LogP contribution in [0.15, 0.2) is 0 Å². The molecule has 1 saturated carbocycles. The minimum Gasteiger partial charge on any atom is -0.460 e. The van der Waals surface area contributed by atoms with E-state index in [-0.39, 0.29) is 18.2 Å². The molecule has 2 fully saturated rings. The van der Waals surface area contributed by atoms with Gasteiger partial charge >= 0.3 is 5.97 Å². The van der Waals surface area contributed by atoms with Crippen molar-refractivity contribution in [3.8, 4) is 0 Å². The Hall–Kier alpha value is -0.610. The van der Waals surface area contributed by atoms with Gasteiger partial charge in [-0.1, -0.05) is 0 Å². The summed E-state index contributed by atoms with van der Waals surface area (Å²) in [4.78, 5) is 11.4.